The highest BCUT2D eigenvalue weighted by Gasteiger charge is 2.37. The lowest BCUT2D eigenvalue weighted by Crippen LogP contribution is -2.09. The van der Waals surface area contributed by atoms with Crippen molar-refractivity contribution < 1.29 is 4.84 Å². The molecule has 2 rings (SSSR count). The van der Waals surface area contributed by atoms with Crippen LogP contribution in [0.3, 0.4) is 0 Å². The van der Waals surface area contributed by atoms with Crippen LogP contribution < -0.4 is 0 Å². The zero-order chi connectivity index (χ0) is 4.69. The number of piperidine rings is 1. The molecule has 0 aromatic heterocycles. The Morgan fingerprint density at radius 3 is 3.00 bits per heavy atom. The average molecular weight is 99.1 g/mol. The Labute approximate surface area is 43.0 Å². The van der Waals surface area contributed by atoms with Crippen molar-refractivity contribution in [1.82, 2.24) is 5.06 Å². The maximum atomic E-state index is 5.11. The van der Waals surface area contributed by atoms with Gasteiger partial charge in [0, 0.05) is 6.54 Å². The average Bonchev–Trinajstić information content (AvgIpc) is 2.41. The summed E-state index contributed by atoms with van der Waals surface area (Å²) in [5, 5.41) is 2.06. The van der Waals surface area contributed by atoms with Gasteiger partial charge in [0.15, 0.2) is 6.23 Å². The van der Waals surface area contributed by atoms with Gasteiger partial charge in [-0.05, 0) is 19.3 Å². The van der Waals surface area contributed by atoms with E-state index in [4.69, 9.17) is 4.84 Å². The van der Waals surface area contributed by atoms with Crippen molar-refractivity contribution in [3.8, 4) is 0 Å². The molecule has 40 valence electrons. The van der Waals surface area contributed by atoms with Gasteiger partial charge in [0.1, 0.15) is 0 Å². The van der Waals surface area contributed by atoms with Crippen molar-refractivity contribution in [3.63, 3.8) is 0 Å². The number of fused-ring (bicyclic) bond motifs is 1. The van der Waals surface area contributed by atoms with Gasteiger partial charge < -0.3 is 0 Å². The summed E-state index contributed by atoms with van der Waals surface area (Å²) in [6.45, 7) is 1.17. The summed E-state index contributed by atoms with van der Waals surface area (Å²) in [5.41, 5.74) is 0. The highest BCUT2D eigenvalue weighted by molar-refractivity contribution is 4.71. The molecule has 0 amide bonds. The normalized spacial score (nSPS) is 48.0. The summed E-state index contributed by atoms with van der Waals surface area (Å²) in [5.74, 6) is 0. The Morgan fingerprint density at radius 1 is 1.43 bits per heavy atom. The Balaban J connectivity index is 1.95. The van der Waals surface area contributed by atoms with Gasteiger partial charge in [-0.15, -0.1) is 0 Å². The van der Waals surface area contributed by atoms with E-state index in [-0.39, 0.29) is 0 Å². The first kappa shape index (κ1) is 3.87. The molecule has 2 heteroatoms. The molecule has 0 saturated carbocycles. The van der Waals surface area contributed by atoms with Crippen LogP contribution in [-0.4, -0.2) is 17.8 Å². The van der Waals surface area contributed by atoms with E-state index < -0.39 is 0 Å². The molecule has 2 fully saturated rings. The van der Waals surface area contributed by atoms with Gasteiger partial charge in [-0.1, -0.05) is 0 Å². The van der Waals surface area contributed by atoms with Crippen LogP contribution in [0.4, 0.5) is 0 Å². The fourth-order valence-electron chi connectivity index (χ4n) is 1.11. The Kier molecular flexibility index (Phi) is 0.664. The predicted molar refractivity (Wildman–Crippen MR) is 25.4 cm³/mol. The molecule has 2 heterocycles. The monoisotopic (exact) mass is 99.1 g/mol. The Bertz CT molecular complexity index is 74.1. The summed E-state index contributed by atoms with van der Waals surface area (Å²) in [7, 11) is 0. The molecule has 0 bridgehead atoms. The van der Waals surface area contributed by atoms with Crippen LogP contribution in [0.5, 0.6) is 0 Å². The first-order valence-corrected chi connectivity index (χ1v) is 2.90. The SMILES string of the molecule is C1CCN2OC2C1. The Hall–Kier alpha value is -0.0800. The molecule has 2 unspecified atom stereocenters. The molecular weight excluding hydrogens is 90.1 g/mol. The molecule has 0 aliphatic carbocycles. The largest absolute Gasteiger partial charge is 0.275 e. The minimum absolute atomic E-state index is 0.536. The minimum Gasteiger partial charge on any atom is -0.275 e. The number of nitrogens with zero attached hydrogens (tertiary/aromatic N) is 1. The van der Waals surface area contributed by atoms with Crippen molar-refractivity contribution in [2.45, 2.75) is 25.5 Å². The summed E-state index contributed by atoms with van der Waals surface area (Å²) < 4.78 is 0. The molecule has 0 aromatic rings. The predicted octanol–water partition coefficient (Wildman–Crippen LogP) is 0.744. The third-order valence-corrected chi connectivity index (χ3v) is 1.61. The molecule has 2 aliphatic heterocycles. The third kappa shape index (κ3) is 0.545. The molecule has 2 saturated heterocycles. The summed E-state index contributed by atoms with van der Waals surface area (Å²) in [6.07, 6.45) is 4.49. The van der Waals surface area contributed by atoms with Gasteiger partial charge in [0.25, 0.3) is 0 Å². The van der Waals surface area contributed by atoms with Crippen LogP contribution in [0.2, 0.25) is 0 Å². The molecular formula is C5H9NO. The fourth-order valence-corrected chi connectivity index (χ4v) is 1.11. The molecule has 2 nitrogen and oxygen atoms in total. The summed E-state index contributed by atoms with van der Waals surface area (Å²) in [4.78, 5) is 5.11. The first-order valence-electron chi connectivity index (χ1n) is 2.90. The van der Waals surface area contributed by atoms with E-state index in [9.17, 15) is 0 Å². The topological polar surface area (TPSA) is 15.5 Å². The third-order valence-electron chi connectivity index (χ3n) is 1.61. The van der Waals surface area contributed by atoms with E-state index in [2.05, 4.69) is 5.06 Å². The second-order valence-corrected chi connectivity index (χ2v) is 2.20. The number of hydroxylamine groups is 2. The second kappa shape index (κ2) is 1.20. The smallest absolute Gasteiger partial charge is 0.154 e. The van der Waals surface area contributed by atoms with Crippen molar-refractivity contribution >= 4 is 0 Å². The maximum absolute atomic E-state index is 5.11. The first-order chi connectivity index (χ1) is 3.47. The highest BCUT2D eigenvalue weighted by atomic mass is 16.8. The van der Waals surface area contributed by atoms with Crippen LogP contribution in [0.1, 0.15) is 19.3 Å². The summed E-state index contributed by atoms with van der Waals surface area (Å²) >= 11 is 0. The molecule has 7 heavy (non-hydrogen) atoms. The molecule has 0 spiro atoms. The molecule has 0 N–H and O–H groups in total. The minimum atomic E-state index is 0.536. The summed E-state index contributed by atoms with van der Waals surface area (Å²) in [6, 6.07) is 0. The van der Waals surface area contributed by atoms with Crippen molar-refractivity contribution in [2.24, 2.45) is 0 Å². The second-order valence-electron chi connectivity index (χ2n) is 2.20. The van der Waals surface area contributed by atoms with Crippen LogP contribution in [-0.2, 0) is 4.84 Å². The van der Waals surface area contributed by atoms with Crippen molar-refractivity contribution in [3.05, 3.63) is 0 Å². The lowest BCUT2D eigenvalue weighted by molar-refractivity contribution is 0.201. The number of rotatable bonds is 0. The fraction of sp³-hybridized carbons (Fsp3) is 1.00. The van der Waals surface area contributed by atoms with E-state index in [1.165, 1.54) is 25.8 Å². The molecule has 2 atom stereocenters. The zero-order valence-corrected chi connectivity index (χ0v) is 4.26. The zero-order valence-electron chi connectivity index (χ0n) is 4.26. The van der Waals surface area contributed by atoms with Crippen LogP contribution in [0, 0.1) is 0 Å². The molecule has 0 radical (unpaired) electrons. The lowest BCUT2D eigenvalue weighted by Gasteiger charge is -2.02. The van der Waals surface area contributed by atoms with E-state index in [0.717, 1.165) is 0 Å². The van der Waals surface area contributed by atoms with Gasteiger partial charge in [-0.25, -0.2) is 0 Å². The van der Waals surface area contributed by atoms with E-state index in [0.29, 0.717) is 6.23 Å². The lowest BCUT2D eigenvalue weighted by atomic mass is 10.2. The van der Waals surface area contributed by atoms with Crippen LogP contribution in [0.15, 0.2) is 0 Å². The van der Waals surface area contributed by atoms with E-state index in [1.807, 2.05) is 0 Å². The van der Waals surface area contributed by atoms with Gasteiger partial charge in [-0.3, -0.25) is 4.84 Å². The quantitative estimate of drug-likeness (QED) is 0.416. The van der Waals surface area contributed by atoms with E-state index >= 15 is 0 Å². The van der Waals surface area contributed by atoms with Crippen molar-refractivity contribution in [2.75, 3.05) is 6.54 Å². The Morgan fingerprint density at radius 2 is 2.43 bits per heavy atom. The number of hydrogen-bond acceptors (Lipinski definition) is 2. The van der Waals surface area contributed by atoms with Crippen LogP contribution >= 0.6 is 0 Å². The molecule has 2 aliphatic rings. The van der Waals surface area contributed by atoms with Gasteiger partial charge in [0.2, 0.25) is 0 Å². The van der Waals surface area contributed by atoms with Gasteiger partial charge in [0.05, 0.1) is 0 Å². The maximum Gasteiger partial charge on any atom is 0.154 e. The number of hydrogen-bond donors (Lipinski definition) is 0. The highest BCUT2D eigenvalue weighted by Crippen LogP contribution is 2.29. The van der Waals surface area contributed by atoms with Crippen molar-refractivity contribution in [1.29, 1.82) is 0 Å². The van der Waals surface area contributed by atoms with E-state index in [1.54, 1.807) is 0 Å². The van der Waals surface area contributed by atoms with Gasteiger partial charge >= 0.3 is 0 Å². The standard InChI is InChI=1S/C5H9NO/c1-2-4-6-5(3-1)7-6/h5H,1-4H2. The molecule has 0 aromatic carbocycles. The van der Waals surface area contributed by atoms with Gasteiger partial charge in [-0.2, -0.15) is 5.06 Å². The van der Waals surface area contributed by atoms with Crippen LogP contribution in [0.25, 0.3) is 0 Å².